The molecule has 1 rings (SSSR count). The molecular weight excluding hydrogens is 228 g/mol. The third-order valence-electron chi connectivity index (χ3n) is 2.48. The molecule has 0 bridgehead atoms. The van der Waals surface area contributed by atoms with Crippen LogP contribution in [-0.2, 0) is 4.74 Å². The van der Waals surface area contributed by atoms with Crippen molar-refractivity contribution in [1.29, 1.82) is 0 Å². The molecule has 0 spiro atoms. The van der Waals surface area contributed by atoms with Crippen molar-refractivity contribution in [2.45, 2.75) is 39.3 Å². The monoisotopic (exact) mass is 252 g/mol. The van der Waals surface area contributed by atoms with E-state index in [4.69, 9.17) is 9.47 Å². The van der Waals surface area contributed by atoms with E-state index < -0.39 is 0 Å². The van der Waals surface area contributed by atoms with E-state index in [9.17, 15) is 0 Å². The van der Waals surface area contributed by atoms with E-state index in [1.165, 1.54) is 0 Å². The fourth-order valence-corrected chi connectivity index (χ4v) is 1.55. The van der Waals surface area contributed by atoms with Crippen LogP contribution >= 0.6 is 0 Å². The fourth-order valence-electron chi connectivity index (χ4n) is 1.55. The van der Waals surface area contributed by atoms with Crippen molar-refractivity contribution in [2.75, 3.05) is 20.3 Å². The molecule has 0 aliphatic rings. The Morgan fingerprint density at radius 2 is 2.06 bits per heavy atom. The van der Waals surface area contributed by atoms with Gasteiger partial charge in [0.1, 0.15) is 5.75 Å². The van der Waals surface area contributed by atoms with Crippen molar-refractivity contribution < 1.29 is 9.47 Å². The van der Waals surface area contributed by atoms with Crippen LogP contribution in [0.25, 0.3) is 0 Å². The third-order valence-corrected chi connectivity index (χ3v) is 2.48. The average Bonchev–Trinajstić information content (AvgIpc) is 2.29. The molecule has 0 radical (unpaired) electrons. The topological polar surface area (TPSA) is 43.4 Å². The number of hydrogen-bond acceptors (Lipinski definition) is 4. The van der Waals surface area contributed by atoms with Crippen LogP contribution in [0.5, 0.6) is 5.75 Å². The maximum atomic E-state index is 5.81. The van der Waals surface area contributed by atoms with Gasteiger partial charge >= 0.3 is 0 Å². The van der Waals surface area contributed by atoms with Gasteiger partial charge in [0.15, 0.2) is 0 Å². The molecule has 1 heterocycles. The number of rotatable bonds is 6. The lowest BCUT2D eigenvalue weighted by Gasteiger charge is -2.24. The van der Waals surface area contributed by atoms with E-state index in [2.05, 4.69) is 31.1 Å². The van der Waals surface area contributed by atoms with Gasteiger partial charge in [0.2, 0.25) is 0 Å². The van der Waals surface area contributed by atoms with E-state index >= 15 is 0 Å². The van der Waals surface area contributed by atoms with Gasteiger partial charge in [0.25, 0.3) is 0 Å². The highest BCUT2D eigenvalue weighted by molar-refractivity contribution is 5.26. The van der Waals surface area contributed by atoms with Crippen LogP contribution in [0, 0.1) is 0 Å². The molecule has 1 aromatic heterocycles. The molecule has 0 saturated carbocycles. The first-order valence-corrected chi connectivity index (χ1v) is 6.35. The Morgan fingerprint density at radius 1 is 1.33 bits per heavy atom. The minimum atomic E-state index is -0.139. The van der Waals surface area contributed by atoms with Crippen molar-refractivity contribution in [1.82, 2.24) is 10.3 Å². The second-order valence-electron chi connectivity index (χ2n) is 5.15. The molecular formula is C14H24N2O2. The smallest absolute Gasteiger partial charge is 0.137 e. The predicted molar refractivity (Wildman–Crippen MR) is 72.9 cm³/mol. The summed E-state index contributed by atoms with van der Waals surface area (Å²) in [5, 5.41) is 3.24. The predicted octanol–water partition coefficient (Wildman–Crippen LogP) is 2.56. The minimum Gasteiger partial charge on any atom is -0.492 e. The normalized spacial score (nSPS) is 13.4. The molecule has 1 atom stereocenters. The summed E-state index contributed by atoms with van der Waals surface area (Å²) in [6.07, 6.45) is 3.57. The SMILES string of the molecule is CCOc1cncc(C(COC(C)(C)C)NC)c1. The molecule has 1 unspecified atom stereocenters. The second-order valence-corrected chi connectivity index (χ2v) is 5.15. The average molecular weight is 252 g/mol. The van der Waals surface area contributed by atoms with Crippen LogP contribution in [-0.4, -0.2) is 30.8 Å². The summed E-state index contributed by atoms with van der Waals surface area (Å²) in [5.74, 6) is 0.797. The minimum absolute atomic E-state index is 0.122. The van der Waals surface area contributed by atoms with Crippen molar-refractivity contribution in [3.05, 3.63) is 24.0 Å². The molecule has 0 saturated heterocycles. The summed E-state index contributed by atoms with van der Waals surface area (Å²) >= 11 is 0. The van der Waals surface area contributed by atoms with E-state index in [0.29, 0.717) is 13.2 Å². The standard InChI is InChI=1S/C14H24N2O2/c1-6-17-12-7-11(8-16-9-12)13(15-5)10-18-14(2,3)4/h7-9,13,15H,6,10H2,1-5H3. The summed E-state index contributed by atoms with van der Waals surface area (Å²) < 4.78 is 11.3. The zero-order valence-electron chi connectivity index (χ0n) is 12.0. The molecule has 0 fully saturated rings. The molecule has 18 heavy (non-hydrogen) atoms. The number of aromatic nitrogens is 1. The van der Waals surface area contributed by atoms with E-state index in [1.807, 2.05) is 26.2 Å². The van der Waals surface area contributed by atoms with Gasteiger partial charge in [0.05, 0.1) is 31.1 Å². The second kappa shape index (κ2) is 6.71. The van der Waals surface area contributed by atoms with Crippen LogP contribution in [0.2, 0.25) is 0 Å². The Bertz CT molecular complexity index is 361. The quantitative estimate of drug-likeness (QED) is 0.845. The van der Waals surface area contributed by atoms with Gasteiger partial charge in [-0.1, -0.05) is 0 Å². The Hall–Kier alpha value is -1.13. The first-order chi connectivity index (χ1) is 8.46. The number of nitrogens with zero attached hydrogens (tertiary/aromatic N) is 1. The highest BCUT2D eigenvalue weighted by Gasteiger charge is 2.16. The van der Waals surface area contributed by atoms with Crippen LogP contribution in [0.3, 0.4) is 0 Å². The fraction of sp³-hybridized carbons (Fsp3) is 0.643. The number of ether oxygens (including phenoxy) is 2. The molecule has 1 aromatic rings. The van der Waals surface area contributed by atoms with E-state index in [0.717, 1.165) is 11.3 Å². The van der Waals surface area contributed by atoms with Crippen LogP contribution in [0.1, 0.15) is 39.3 Å². The molecule has 4 nitrogen and oxygen atoms in total. The lowest BCUT2D eigenvalue weighted by molar-refractivity contribution is -0.0139. The van der Waals surface area contributed by atoms with Crippen LogP contribution in [0.4, 0.5) is 0 Å². The molecule has 1 N–H and O–H groups in total. The van der Waals surface area contributed by atoms with E-state index in [-0.39, 0.29) is 11.6 Å². The molecule has 0 aliphatic heterocycles. The summed E-state index contributed by atoms with van der Waals surface area (Å²) in [4.78, 5) is 4.20. The van der Waals surface area contributed by atoms with Gasteiger partial charge in [-0.25, -0.2) is 0 Å². The highest BCUT2D eigenvalue weighted by Crippen LogP contribution is 2.20. The summed E-state index contributed by atoms with van der Waals surface area (Å²) in [6, 6.07) is 2.13. The number of hydrogen-bond donors (Lipinski definition) is 1. The van der Waals surface area contributed by atoms with Crippen LogP contribution < -0.4 is 10.1 Å². The van der Waals surface area contributed by atoms with Crippen molar-refractivity contribution in [2.24, 2.45) is 0 Å². The van der Waals surface area contributed by atoms with Crippen LogP contribution in [0.15, 0.2) is 18.5 Å². The highest BCUT2D eigenvalue weighted by atomic mass is 16.5. The first kappa shape index (κ1) is 14.9. The third kappa shape index (κ3) is 5.02. The lowest BCUT2D eigenvalue weighted by Crippen LogP contribution is -2.28. The van der Waals surface area contributed by atoms with Gasteiger partial charge in [0, 0.05) is 6.20 Å². The molecule has 0 aliphatic carbocycles. The Morgan fingerprint density at radius 3 is 2.61 bits per heavy atom. The first-order valence-electron chi connectivity index (χ1n) is 6.35. The molecule has 0 aromatic carbocycles. The molecule has 102 valence electrons. The van der Waals surface area contributed by atoms with Gasteiger partial charge in [-0.05, 0) is 46.4 Å². The van der Waals surface area contributed by atoms with Gasteiger partial charge in [-0.2, -0.15) is 0 Å². The number of nitrogens with one attached hydrogen (secondary N) is 1. The van der Waals surface area contributed by atoms with Gasteiger partial charge in [-0.3, -0.25) is 4.98 Å². The Labute approximate surface area is 110 Å². The molecule has 4 heteroatoms. The largest absolute Gasteiger partial charge is 0.492 e. The Balaban J connectivity index is 2.72. The zero-order chi connectivity index (χ0) is 13.6. The maximum Gasteiger partial charge on any atom is 0.137 e. The summed E-state index contributed by atoms with van der Waals surface area (Å²) in [7, 11) is 1.92. The number of likely N-dealkylation sites (N-methyl/N-ethyl adjacent to an activating group) is 1. The van der Waals surface area contributed by atoms with Gasteiger partial charge < -0.3 is 14.8 Å². The van der Waals surface area contributed by atoms with E-state index in [1.54, 1.807) is 6.20 Å². The van der Waals surface area contributed by atoms with Crippen molar-refractivity contribution in [3.63, 3.8) is 0 Å². The Kier molecular flexibility index (Phi) is 5.56. The summed E-state index contributed by atoms with van der Waals surface area (Å²) in [5.41, 5.74) is 0.938. The maximum absolute atomic E-state index is 5.81. The molecule has 0 amide bonds. The van der Waals surface area contributed by atoms with Crippen molar-refractivity contribution >= 4 is 0 Å². The lowest BCUT2D eigenvalue weighted by atomic mass is 10.1. The summed E-state index contributed by atoms with van der Waals surface area (Å²) in [6.45, 7) is 9.37. The van der Waals surface area contributed by atoms with Gasteiger partial charge in [-0.15, -0.1) is 0 Å². The van der Waals surface area contributed by atoms with Crippen molar-refractivity contribution in [3.8, 4) is 5.75 Å². The number of pyridine rings is 1. The zero-order valence-corrected chi connectivity index (χ0v) is 12.0.